The molecule has 1 aliphatic carbocycles. The minimum absolute atomic E-state index is 0.0911. The predicted octanol–water partition coefficient (Wildman–Crippen LogP) is 1.71. The van der Waals surface area contributed by atoms with Gasteiger partial charge in [0, 0.05) is 13.2 Å². The van der Waals surface area contributed by atoms with Crippen LogP contribution in [0.1, 0.15) is 43.7 Å². The Hall–Kier alpha value is -1.92. The van der Waals surface area contributed by atoms with Gasteiger partial charge in [0.05, 0.1) is 12.1 Å². The second-order valence-electron chi connectivity index (χ2n) is 6.61. The Morgan fingerprint density at radius 1 is 1.24 bits per heavy atom. The van der Waals surface area contributed by atoms with Crippen LogP contribution in [0.5, 0.6) is 0 Å². The van der Waals surface area contributed by atoms with Gasteiger partial charge >= 0.3 is 0 Å². The van der Waals surface area contributed by atoms with Crippen LogP contribution in [-0.2, 0) is 19.1 Å². The fourth-order valence-corrected chi connectivity index (χ4v) is 3.39. The molecule has 1 aromatic rings. The maximum Gasteiger partial charge on any atom is 0.251 e. The molecule has 1 saturated carbocycles. The van der Waals surface area contributed by atoms with Gasteiger partial charge in [0.2, 0.25) is 5.91 Å². The van der Waals surface area contributed by atoms with Crippen LogP contribution < -0.4 is 10.6 Å². The number of hydrogen-bond acceptors (Lipinski definition) is 4. The molecule has 0 radical (unpaired) electrons. The highest BCUT2D eigenvalue weighted by Crippen LogP contribution is 2.23. The number of carbonyl (C=O) groups is 2. The summed E-state index contributed by atoms with van der Waals surface area (Å²) in [5.74, 6) is -0.405. The van der Waals surface area contributed by atoms with E-state index in [1.54, 1.807) is 0 Å². The summed E-state index contributed by atoms with van der Waals surface area (Å²) in [7, 11) is 0. The van der Waals surface area contributed by atoms with Crippen LogP contribution in [0.3, 0.4) is 0 Å². The third-order valence-electron chi connectivity index (χ3n) is 4.71. The van der Waals surface area contributed by atoms with Gasteiger partial charge in [0.1, 0.15) is 6.61 Å². The first-order valence-electron chi connectivity index (χ1n) is 9.09. The number of hydrogen-bond donors (Lipinski definition) is 2. The Morgan fingerprint density at radius 2 is 2.00 bits per heavy atom. The third-order valence-corrected chi connectivity index (χ3v) is 4.71. The smallest absolute Gasteiger partial charge is 0.251 e. The Labute approximate surface area is 148 Å². The number of carbonyl (C=O) groups excluding carboxylic acids is 2. The minimum Gasteiger partial charge on any atom is -0.378 e. The van der Waals surface area contributed by atoms with Crippen LogP contribution in [0.4, 0.5) is 0 Å². The second-order valence-corrected chi connectivity index (χ2v) is 6.61. The van der Waals surface area contributed by atoms with E-state index in [9.17, 15) is 9.59 Å². The van der Waals surface area contributed by atoms with Crippen molar-refractivity contribution in [2.24, 2.45) is 0 Å². The lowest BCUT2D eigenvalue weighted by Gasteiger charge is -2.31. The zero-order chi connectivity index (χ0) is 17.5. The molecule has 2 aliphatic rings. The van der Waals surface area contributed by atoms with E-state index in [0.717, 1.165) is 24.8 Å². The molecule has 136 valence electrons. The topological polar surface area (TPSA) is 76.7 Å². The monoisotopic (exact) mass is 346 g/mol. The lowest BCUT2D eigenvalue weighted by Crippen LogP contribution is -2.52. The normalized spacial score (nSPS) is 24.1. The van der Waals surface area contributed by atoms with E-state index in [-0.39, 0.29) is 18.4 Å². The molecule has 25 heavy (non-hydrogen) atoms. The molecule has 6 heteroatoms. The van der Waals surface area contributed by atoms with Gasteiger partial charge in [-0.3, -0.25) is 9.59 Å². The maximum atomic E-state index is 12.5. The highest BCUT2D eigenvalue weighted by Gasteiger charge is 2.35. The molecule has 2 fully saturated rings. The first-order valence-corrected chi connectivity index (χ1v) is 9.09. The average molecular weight is 346 g/mol. The molecule has 0 unspecified atom stereocenters. The summed E-state index contributed by atoms with van der Waals surface area (Å²) in [4.78, 5) is 24.1. The molecule has 0 bridgehead atoms. The van der Waals surface area contributed by atoms with E-state index in [4.69, 9.17) is 9.47 Å². The quantitative estimate of drug-likeness (QED) is 0.737. The molecule has 2 atom stereocenters. The van der Waals surface area contributed by atoms with Gasteiger partial charge in [-0.2, -0.15) is 0 Å². The van der Waals surface area contributed by atoms with Gasteiger partial charge in [-0.05, 0) is 24.8 Å². The van der Waals surface area contributed by atoms with Crippen molar-refractivity contribution in [2.45, 2.75) is 50.4 Å². The molecule has 2 N–H and O–H groups in total. The molecule has 2 amide bonds. The van der Waals surface area contributed by atoms with Crippen LogP contribution in [0.15, 0.2) is 30.3 Å². The Kier molecular flexibility index (Phi) is 6.42. The summed E-state index contributed by atoms with van der Waals surface area (Å²) in [6.45, 7) is 1.11. The van der Waals surface area contributed by atoms with Gasteiger partial charge in [0.25, 0.3) is 5.91 Å². The summed E-state index contributed by atoms with van der Waals surface area (Å²) >= 11 is 0. The lowest BCUT2D eigenvalue weighted by atomic mass is 9.99. The molecule has 1 aromatic carbocycles. The first-order chi connectivity index (χ1) is 12.2. The molecule has 0 aromatic heterocycles. The van der Waals surface area contributed by atoms with Crippen molar-refractivity contribution >= 4 is 11.8 Å². The van der Waals surface area contributed by atoms with E-state index in [1.165, 1.54) is 12.8 Å². The largest absolute Gasteiger partial charge is 0.378 e. The zero-order valence-electron chi connectivity index (χ0n) is 14.4. The van der Waals surface area contributed by atoms with Crippen molar-refractivity contribution in [3.05, 3.63) is 35.9 Å². The van der Waals surface area contributed by atoms with Crippen molar-refractivity contribution in [1.29, 1.82) is 0 Å². The summed E-state index contributed by atoms with van der Waals surface area (Å²) in [5, 5.41) is 5.75. The standard InChI is InChI=1S/C19H26N2O4/c22-16-13-25-18(17(21-16)14-7-2-1-3-8-14)19(23)20-11-6-12-24-15-9-4-5-10-15/h1-3,7-8,15,17-18H,4-6,9-13H2,(H,20,23)(H,21,22)/t17-,18+/m1/s1. The fourth-order valence-electron chi connectivity index (χ4n) is 3.39. The minimum atomic E-state index is -0.712. The molecule has 1 heterocycles. The van der Waals surface area contributed by atoms with Gasteiger partial charge in [-0.25, -0.2) is 0 Å². The van der Waals surface area contributed by atoms with E-state index in [0.29, 0.717) is 19.3 Å². The first kappa shape index (κ1) is 17.9. The van der Waals surface area contributed by atoms with Crippen LogP contribution >= 0.6 is 0 Å². The molecule has 6 nitrogen and oxygen atoms in total. The van der Waals surface area contributed by atoms with Crippen molar-refractivity contribution in [3.8, 4) is 0 Å². The summed E-state index contributed by atoms with van der Waals surface area (Å²) in [5.41, 5.74) is 0.861. The second kappa shape index (κ2) is 8.97. The van der Waals surface area contributed by atoms with Crippen LogP contribution in [0.25, 0.3) is 0 Å². The van der Waals surface area contributed by atoms with E-state index in [1.807, 2.05) is 30.3 Å². The van der Waals surface area contributed by atoms with Gasteiger partial charge in [0.15, 0.2) is 6.10 Å². The molecule has 1 aliphatic heterocycles. The lowest BCUT2D eigenvalue weighted by molar-refractivity contribution is -0.148. The molecule has 0 spiro atoms. The Balaban J connectivity index is 1.46. The Morgan fingerprint density at radius 3 is 2.76 bits per heavy atom. The fraction of sp³-hybridized carbons (Fsp3) is 0.579. The maximum absolute atomic E-state index is 12.5. The van der Waals surface area contributed by atoms with Crippen molar-refractivity contribution < 1.29 is 19.1 Å². The highest BCUT2D eigenvalue weighted by atomic mass is 16.5. The number of morpholine rings is 1. The van der Waals surface area contributed by atoms with Gasteiger partial charge in [-0.1, -0.05) is 43.2 Å². The van der Waals surface area contributed by atoms with Crippen molar-refractivity contribution in [2.75, 3.05) is 19.8 Å². The molecule has 3 rings (SSSR count). The van der Waals surface area contributed by atoms with Crippen molar-refractivity contribution in [3.63, 3.8) is 0 Å². The zero-order valence-corrected chi connectivity index (χ0v) is 14.4. The van der Waals surface area contributed by atoms with Crippen LogP contribution in [0.2, 0.25) is 0 Å². The molecular weight excluding hydrogens is 320 g/mol. The summed E-state index contributed by atoms with van der Waals surface area (Å²) in [6.07, 6.45) is 5.28. The van der Waals surface area contributed by atoms with Gasteiger partial charge in [-0.15, -0.1) is 0 Å². The van der Waals surface area contributed by atoms with E-state index >= 15 is 0 Å². The SMILES string of the molecule is O=C1CO[C@H](C(=O)NCCCOC2CCCC2)[C@@H](c2ccccc2)N1. The summed E-state index contributed by atoms with van der Waals surface area (Å²) < 4.78 is 11.3. The van der Waals surface area contributed by atoms with E-state index < -0.39 is 12.1 Å². The predicted molar refractivity (Wildman–Crippen MR) is 92.9 cm³/mol. The van der Waals surface area contributed by atoms with Gasteiger partial charge < -0.3 is 20.1 Å². The number of amides is 2. The van der Waals surface area contributed by atoms with Crippen LogP contribution in [0, 0.1) is 0 Å². The number of benzene rings is 1. The van der Waals surface area contributed by atoms with E-state index in [2.05, 4.69) is 10.6 Å². The Bertz CT molecular complexity index is 572. The third kappa shape index (κ3) is 5.03. The number of ether oxygens (including phenoxy) is 2. The van der Waals surface area contributed by atoms with Crippen molar-refractivity contribution in [1.82, 2.24) is 10.6 Å². The van der Waals surface area contributed by atoms with Crippen LogP contribution in [-0.4, -0.2) is 43.8 Å². The average Bonchev–Trinajstić information content (AvgIpc) is 3.15. The summed E-state index contributed by atoms with van der Waals surface area (Å²) in [6, 6.07) is 8.97. The number of rotatable bonds is 7. The number of nitrogens with one attached hydrogen (secondary N) is 2. The highest BCUT2D eigenvalue weighted by molar-refractivity contribution is 5.86. The molecule has 1 saturated heterocycles. The molecular formula is C19H26N2O4.